The summed E-state index contributed by atoms with van der Waals surface area (Å²) in [4.78, 5) is 17.8. The number of hydrogen-bond donors (Lipinski definition) is 0. The number of methoxy groups -OCH3 is 4. The van der Waals surface area contributed by atoms with Crippen molar-refractivity contribution in [3.05, 3.63) is 41.5 Å². The standard InChI is InChI=1S/C21H23NO7/c1-12-8-16(15-7-6-14(24-2)11-17(15)28-12)22-29-21(23)13-9-18(25-3)20(27-5)19(10-13)26-4/h6-7,9-12H,8H2,1-5H3. The Bertz CT molecular complexity index is 914. The van der Waals surface area contributed by atoms with Crippen molar-refractivity contribution in [1.82, 2.24) is 0 Å². The van der Waals surface area contributed by atoms with Gasteiger partial charge in [-0.3, -0.25) is 0 Å². The second-order valence-corrected chi connectivity index (χ2v) is 6.33. The largest absolute Gasteiger partial charge is 0.497 e. The summed E-state index contributed by atoms with van der Waals surface area (Å²) in [5.74, 6) is 1.74. The van der Waals surface area contributed by atoms with E-state index < -0.39 is 5.97 Å². The van der Waals surface area contributed by atoms with E-state index >= 15 is 0 Å². The van der Waals surface area contributed by atoms with E-state index in [0.29, 0.717) is 40.9 Å². The highest BCUT2D eigenvalue weighted by molar-refractivity contribution is 6.04. The van der Waals surface area contributed by atoms with E-state index in [0.717, 1.165) is 5.56 Å². The van der Waals surface area contributed by atoms with Crippen molar-refractivity contribution >= 4 is 11.7 Å². The summed E-state index contributed by atoms with van der Waals surface area (Å²) in [5, 5.41) is 4.09. The Morgan fingerprint density at radius 1 is 1.00 bits per heavy atom. The molecule has 0 saturated carbocycles. The van der Waals surface area contributed by atoms with Gasteiger partial charge in [0, 0.05) is 18.1 Å². The van der Waals surface area contributed by atoms with Gasteiger partial charge >= 0.3 is 5.97 Å². The zero-order valence-corrected chi connectivity index (χ0v) is 17.0. The minimum atomic E-state index is -0.647. The fourth-order valence-corrected chi connectivity index (χ4v) is 3.04. The third kappa shape index (κ3) is 4.21. The highest BCUT2D eigenvalue weighted by atomic mass is 16.7. The smallest absolute Gasteiger partial charge is 0.366 e. The first kappa shape index (κ1) is 20.3. The summed E-state index contributed by atoms with van der Waals surface area (Å²) < 4.78 is 26.9. The molecule has 0 aliphatic carbocycles. The van der Waals surface area contributed by atoms with Crippen molar-refractivity contribution < 1.29 is 33.3 Å². The van der Waals surface area contributed by atoms with Crippen LogP contribution in [-0.4, -0.2) is 46.2 Å². The van der Waals surface area contributed by atoms with Crippen molar-refractivity contribution in [2.75, 3.05) is 28.4 Å². The number of benzene rings is 2. The number of hydrogen-bond acceptors (Lipinski definition) is 8. The summed E-state index contributed by atoms with van der Waals surface area (Å²) in [6.45, 7) is 1.92. The van der Waals surface area contributed by atoms with Crippen LogP contribution in [0.3, 0.4) is 0 Å². The van der Waals surface area contributed by atoms with Gasteiger partial charge in [0.2, 0.25) is 5.75 Å². The van der Waals surface area contributed by atoms with E-state index in [1.807, 2.05) is 13.0 Å². The molecule has 1 unspecified atom stereocenters. The monoisotopic (exact) mass is 401 g/mol. The third-order valence-electron chi connectivity index (χ3n) is 4.45. The molecule has 0 bridgehead atoms. The summed E-state index contributed by atoms with van der Waals surface area (Å²) in [6.07, 6.45) is 0.384. The molecule has 0 aromatic heterocycles. The van der Waals surface area contributed by atoms with Gasteiger partial charge in [-0.1, -0.05) is 5.16 Å². The van der Waals surface area contributed by atoms with Gasteiger partial charge in [-0.2, -0.15) is 0 Å². The molecule has 1 atom stereocenters. The number of ether oxygens (including phenoxy) is 5. The molecule has 1 heterocycles. The van der Waals surface area contributed by atoms with Crippen LogP contribution in [0.25, 0.3) is 0 Å². The number of rotatable bonds is 6. The summed E-state index contributed by atoms with van der Waals surface area (Å²) in [7, 11) is 6.02. The van der Waals surface area contributed by atoms with Gasteiger partial charge < -0.3 is 28.5 Å². The summed E-state index contributed by atoms with van der Waals surface area (Å²) in [5.41, 5.74) is 1.59. The first-order valence-corrected chi connectivity index (χ1v) is 8.94. The van der Waals surface area contributed by atoms with E-state index in [2.05, 4.69) is 5.16 Å². The lowest BCUT2D eigenvalue weighted by atomic mass is 10.0. The van der Waals surface area contributed by atoms with Crippen LogP contribution in [0.2, 0.25) is 0 Å². The fraction of sp³-hybridized carbons (Fsp3) is 0.333. The Morgan fingerprint density at radius 2 is 1.69 bits per heavy atom. The number of oxime groups is 1. The quantitative estimate of drug-likeness (QED) is 0.541. The van der Waals surface area contributed by atoms with E-state index in [-0.39, 0.29) is 11.7 Å². The van der Waals surface area contributed by atoms with Crippen molar-refractivity contribution in [3.63, 3.8) is 0 Å². The summed E-state index contributed by atoms with van der Waals surface area (Å²) in [6, 6.07) is 8.42. The fourth-order valence-electron chi connectivity index (χ4n) is 3.04. The molecule has 8 nitrogen and oxygen atoms in total. The average Bonchev–Trinajstić information content (AvgIpc) is 2.75. The predicted octanol–water partition coefficient (Wildman–Crippen LogP) is 3.45. The molecule has 8 heteroatoms. The Labute approximate surface area is 168 Å². The number of fused-ring (bicyclic) bond motifs is 1. The molecule has 1 aliphatic heterocycles. The highest BCUT2D eigenvalue weighted by Crippen LogP contribution is 2.38. The van der Waals surface area contributed by atoms with E-state index in [4.69, 9.17) is 28.5 Å². The highest BCUT2D eigenvalue weighted by Gasteiger charge is 2.24. The van der Waals surface area contributed by atoms with Crippen molar-refractivity contribution in [2.24, 2.45) is 5.16 Å². The third-order valence-corrected chi connectivity index (χ3v) is 4.45. The van der Waals surface area contributed by atoms with Crippen molar-refractivity contribution in [1.29, 1.82) is 0 Å². The molecule has 1 aliphatic rings. The van der Waals surface area contributed by atoms with Gasteiger partial charge in [0.25, 0.3) is 0 Å². The van der Waals surface area contributed by atoms with E-state index in [9.17, 15) is 4.79 Å². The van der Waals surface area contributed by atoms with Crippen molar-refractivity contribution in [3.8, 4) is 28.7 Å². The minimum Gasteiger partial charge on any atom is -0.497 e. The molecular formula is C21H23NO7. The van der Waals surface area contributed by atoms with Gasteiger partial charge in [0.15, 0.2) is 11.5 Å². The number of nitrogens with zero attached hydrogens (tertiary/aromatic N) is 1. The molecule has 2 aromatic rings. The second-order valence-electron chi connectivity index (χ2n) is 6.33. The molecule has 0 N–H and O–H groups in total. The van der Waals surface area contributed by atoms with Gasteiger partial charge in [-0.05, 0) is 31.2 Å². The maximum atomic E-state index is 12.6. The first-order chi connectivity index (χ1) is 14.0. The molecule has 3 rings (SSSR count). The van der Waals surface area contributed by atoms with Crippen LogP contribution < -0.4 is 23.7 Å². The average molecular weight is 401 g/mol. The lowest BCUT2D eigenvalue weighted by molar-refractivity contribution is 0.0512. The van der Waals surface area contributed by atoms with Gasteiger partial charge in [-0.25, -0.2) is 4.79 Å². The van der Waals surface area contributed by atoms with Crippen LogP contribution in [0.1, 0.15) is 29.3 Å². The lowest BCUT2D eigenvalue weighted by Gasteiger charge is -2.24. The van der Waals surface area contributed by atoms with E-state index in [1.165, 1.54) is 33.5 Å². The molecule has 29 heavy (non-hydrogen) atoms. The normalized spacial score (nSPS) is 16.4. The Hall–Kier alpha value is -3.42. The molecular weight excluding hydrogens is 378 g/mol. The Kier molecular flexibility index (Phi) is 6.11. The van der Waals surface area contributed by atoms with Crippen LogP contribution in [0.4, 0.5) is 0 Å². The van der Waals surface area contributed by atoms with Crippen LogP contribution in [0, 0.1) is 0 Å². The summed E-state index contributed by atoms with van der Waals surface area (Å²) >= 11 is 0. The first-order valence-electron chi connectivity index (χ1n) is 8.94. The van der Waals surface area contributed by atoms with E-state index in [1.54, 1.807) is 19.2 Å². The predicted molar refractivity (Wildman–Crippen MR) is 106 cm³/mol. The SMILES string of the molecule is COc1ccc2c(c1)OC(C)CC2=NOC(=O)c1cc(OC)c(OC)c(OC)c1. The Morgan fingerprint density at radius 3 is 2.28 bits per heavy atom. The van der Waals surface area contributed by atoms with Gasteiger partial charge in [0.05, 0.1) is 39.7 Å². The van der Waals surface area contributed by atoms with Gasteiger partial charge in [0.1, 0.15) is 17.6 Å². The maximum Gasteiger partial charge on any atom is 0.366 e. The molecule has 0 saturated heterocycles. The maximum absolute atomic E-state index is 12.6. The molecule has 0 spiro atoms. The topological polar surface area (TPSA) is 84.8 Å². The van der Waals surface area contributed by atoms with Crippen LogP contribution >= 0.6 is 0 Å². The number of carbonyl (C=O) groups is 1. The zero-order chi connectivity index (χ0) is 21.0. The van der Waals surface area contributed by atoms with Gasteiger partial charge in [-0.15, -0.1) is 0 Å². The zero-order valence-electron chi connectivity index (χ0n) is 17.0. The molecule has 0 radical (unpaired) electrons. The minimum absolute atomic E-state index is 0.117. The molecule has 2 aromatic carbocycles. The van der Waals surface area contributed by atoms with Crippen LogP contribution in [-0.2, 0) is 4.84 Å². The molecule has 154 valence electrons. The van der Waals surface area contributed by atoms with Crippen LogP contribution in [0.15, 0.2) is 35.5 Å². The van der Waals surface area contributed by atoms with Crippen molar-refractivity contribution in [2.45, 2.75) is 19.4 Å². The Balaban J connectivity index is 1.88. The molecule has 0 amide bonds. The lowest BCUT2D eigenvalue weighted by Crippen LogP contribution is -2.25. The van der Waals surface area contributed by atoms with Crippen LogP contribution in [0.5, 0.6) is 28.7 Å². The molecule has 0 fully saturated rings. The number of carbonyl (C=O) groups excluding carboxylic acids is 1. The second kappa shape index (κ2) is 8.72.